The largest absolute Gasteiger partial charge is 0.493 e. The number of hydrogen-bond acceptors (Lipinski definition) is 4. The van der Waals surface area contributed by atoms with Crippen LogP contribution in [0.25, 0.3) is 0 Å². The Labute approximate surface area is 117 Å². The van der Waals surface area contributed by atoms with Crippen molar-refractivity contribution in [2.45, 2.75) is 27.0 Å². The van der Waals surface area contributed by atoms with Crippen molar-refractivity contribution in [1.82, 2.24) is 5.32 Å². The van der Waals surface area contributed by atoms with Gasteiger partial charge in [-0.3, -0.25) is 0 Å². The van der Waals surface area contributed by atoms with E-state index >= 15 is 0 Å². The number of nitrogens with zero attached hydrogens (tertiary/aromatic N) is 1. The SMILES string of the molecule is COc1ccc(CNCC(C)(C)C#N)cc1OC(F)F. The lowest BCUT2D eigenvalue weighted by Crippen LogP contribution is -2.27. The summed E-state index contributed by atoms with van der Waals surface area (Å²) < 4.78 is 33.9. The van der Waals surface area contributed by atoms with Crippen molar-refractivity contribution in [3.63, 3.8) is 0 Å². The Morgan fingerprint density at radius 2 is 2.05 bits per heavy atom. The minimum absolute atomic E-state index is 0.00124. The molecule has 0 radical (unpaired) electrons. The topological polar surface area (TPSA) is 54.3 Å². The number of halogens is 2. The van der Waals surface area contributed by atoms with E-state index in [9.17, 15) is 8.78 Å². The summed E-state index contributed by atoms with van der Waals surface area (Å²) in [4.78, 5) is 0. The molecule has 0 aliphatic rings. The number of nitrogens with one attached hydrogen (secondary N) is 1. The van der Waals surface area contributed by atoms with E-state index in [-0.39, 0.29) is 11.5 Å². The maximum absolute atomic E-state index is 12.3. The van der Waals surface area contributed by atoms with Gasteiger partial charge in [0, 0.05) is 13.1 Å². The number of nitriles is 1. The van der Waals surface area contributed by atoms with Crippen LogP contribution < -0.4 is 14.8 Å². The van der Waals surface area contributed by atoms with Crippen LogP contribution in [0.5, 0.6) is 11.5 Å². The van der Waals surface area contributed by atoms with Gasteiger partial charge in [-0.15, -0.1) is 0 Å². The second-order valence-corrected chi connectivity index (χ2v) is 4.96. The third kappa shape index (κ3) is 5.02. The van der Waals surface area contributed by atoms with Gasteiger partial charge in [-0.2, -0.15) is 14.0 Å². The van der Waals surface area contributed by atoms with Crippen LogP contribution in [0, 0.1) is 16.7 Å². The molecular formula is C14H18F2N2O2. The molecule has 1 aromatic rings. The average Bonchev–Trinajstić information content (AvgIpc) is 2.38. The Balaban J connectivity index is 2.70. The van der Waals surface area contributed by atoms with Gasteiger partial charge in [-0.25, -0.2) is 0 Å². The van der Waals surface area contributed by atoms with Gasteiger partial charge < -0.3 is 14.8 Å². The summed E-state index contributed by atoms with van der Waals surface area (Å²) in [7, 11) is 1.39. The lowest BCUT2D eigenvalue weighted by atomic mass is 9.96. The van der Waals surface area contributed by atoms with Crippen LogP contribution in [0.3, 0.4) is 0 Å². The Kier molecular flexibility index (Phi) is 5.71. The van der Waals surface area contributed by atoms with E-state index in [0.29, 0.717) is 13.1 Å². The molecule has 0 spiro atoms. The molecule has 0 fully saturated rings. The first-order valence-electron chi connectivity index (χ1n) is 6.11. The second kappa shape index (κ2) is 7.06. The predicted molar refractivity (Wildman–Crippen MR) is 70.7 cm³/mol. The average molecular weight is 284 g/mol. The van der Waals surface area contributed by atoms with Crippen molar-refractivity contribution in [3.05, 3.63) is 23.8 Å². The zero-order chi connectivity index (χ0) is 15.2. The Morgan fingerprint density at radius 1 is 1.35 bits per heavy atom. The first-order chi connectivity index (χ1) is 9.38. The number of ether oxygens (including phenoxy) is 2. The standard InChI is InChI=1S/C14H18F2N2O2/c1-14(2,8-17)9-18-7-10-4-5-11(19-3)12(6-10)20-13(15)16/h4-6,13,18H,7,9H2,1-3H3. The Bertz CT molecular complexity index is 485. The van der Waals surface area contributed by atoms with Crippen LogP contribution in [0.2, 0.25) is 0 Å². The van der Waals surface area contributed by atoms with Crippen LogP contribution in [-0.2, 0) is 6.54 Å². The molecule has 0 aliphatic carbocycles. The smallest absolute Gasteiger partial charge is 0.387 e. The molecule has 0 aromatic heterocycles. The number of hydrogen-bond donors (Lipinski definition) is 1. The van der Waals surface area contributed by atoms with E-state index in [1.807, 2.05) is 13.8 Å². The summed E-state index contributed by atoms with van der Waals surface area (Å²) in [6, 6.07) is 7.00. The molecule has 1 N–H and O–H groups in total. The molecular weight excluding hydrogens is 266 g/mol. The van der Waals surface area contributed by atoms with Gasteiger partial charge in [-0.05, 0) is 31.5 Å². The molecule has 110 valence electrons. The maximum atomic E-state index is 12.3. The van der Waals surface area contributed by atoms with Gasteiger partial charge >= 0.3 is 6.61 Å². The van der Waals surface area contributed by atoms with Gasteiger partial charge in [0.25, 0.3) is 0 Å². The van der Waals surface area contributed by atoms with Crippen LogP contribution in [0.4, 0.5) is 8.78 Å². The van der Waals surface area contributed by atoms with Crippen molar-refractivity contribution in [3.8, 4) is 17.6 Å². The fourth-order valence-electron chi connectivity index (χ4n) is 1.58. The molecule has 6 heteroatoms. The highest BCUT2D eigenvalue weighted by Crippen LogP contribution is 2.29. The second-order valence-electron chi connectivity index (χ2n) is 4.96. The van der Waals surface area contributed by atoms with Crippen molar-refractivity contribution < 1.29 is 18.3 Å². The van der Waals surface area contributed by atoms with Crippen LogP contribution >= 0.6 is 0 Å². The quantitative estimate of drug-likeness (QED) is 0.836. The molecule has 0 unspecified atom stereocenters. The highest BCUT2D eigenvalue weighted by Gasteiger charge is 2.16. The normalized spacial score (nSPS) is 11.2. The number of alkyl halides is 2. The number of rotatable bonds is 7. The van der Waals surface area contributed by atoms with E-state index in [1.54, 1.807) is 12.1 Å². The summed E-state index contributed by atoms with van der Waals surface area (Å²) in [6.07, 6.45) is 0. The summed E-state index contributed by atoms with van der Waals surface area (Å²) in [5.74, 6) is 0.257. The van der Waals surface area contributed by atoms with E-state index in [4.69, 9.17) is 10.00 Å². The monoisotopic (exact) mass is 284 g/mol. The molecule has 0 saturated carbocycles. The van der Waals surface area contributed by atoms with E-state index in [1.165, 1.54) is 13.2 Å². The third-order valence-corrected chi connectivity index (χ3v) is 2.64. The molecule has 4 nitrogen and oxygen atoms in total. The van der Waals surface area contributed by atoms with Gasteiger partial charge in [0.05, 0.1) is 18.6 Å². The molecule has 0 atom stereocenters. The number of methoxy groups -OCH3 is 1. The highest BCUT2D eigenvalue weighted by molar-refractivity contribution is 5.43. The maximum Gasteiger partial charge on any atom is 0.387 e. The van der Waals surface area contributed by atoms with Gasteiger partial charge in [0.2, 0.25) is 0 Å². The fraction of sp³-hybridized carbons (Fsp3) is 0.500. The summed E-state index contributed by atoms with van der Waals surface area (Å²) in [5.41, 5.74) is 0.296. The highest BCUT2D eigenvalue weighted by atomic mass is 19.3. The Morgan fingerprint density at radius 3 is 2.60 bits per heavy atom. The van der Waals surface area contributed by atoms with Crippen molar-refractivity contribution >= 4 is 0 Å². The molecule has 0 aliphatic heterocycles. The van der Waals surface area contributed by atoms with Crippen molar-refractivity contribution in [2.75, 3.05) is 13.7 Å². The van der Waals surface area contributed by atoms with Gasteiger partial charge in [-0.1, -0.05) is 6.07 Å². The summed E-state index contributed by atoms with van der Waals surface area (Å²) >= 11 is 0. The summed E-state index contributed by atoms with van der Waals surface area (Å²) in [6.45, 7) is 1.69. The molecule has 0 heterocycles. The van der Waals surface area contributed by atoms with E-state index in [2.05, 4.69) is 16.1 Å². The Hall–Kier alpha value is -1.87. The molecule has 1 rings (SSSR count). The van der Waals surface area contributed by atoms with Gasteiger partial charge in [0.15, 0.2) is 11.5 Å². The number of benzene rings is 1. The predicted octanol–water partition coefficient (Wildman–Crippen LogP) is 2.94. The first kappa shape index (κ1) is 16.2. The first-order valence-corrected chi connectivity index (χ1v) is 6.11. The third-order valence-electron chi connectivity index (χ3n) is 2.64. The van der Waals surface area contributed by atoms with Crippen LogP contribution in [-0.4, -0.2) is 20.3 Å². The van der Waals surface area contributed by atoms with E-state index < -0.39 is 12.0 Å². The molecule has 0 saturated heterocycles. The lowest BCUT2D eigenvalue weighted by molar-refractivity contribution is -0.0512. The minimum Gasteiger partial charge on any atom is -0.493 e. The zero-order valence-corrected chi connectivity index (χ0v) is 11.7. The lowest BCUT2D eigenvalue weighted by Gasteiger charge is -2.16. The molecule has 20 heavy (non-hydrogen) atoms. The van der Waals surface area contributed by atoms with Gasteiger partial charge in [0.1, 0.15) is 0 Å². The van der Waals surface area contributed by atoms with Crippen molar-refractivity contribution in [2.24, 2.45) is 5.41 Å². The minimum atomic E-state index is -2.90. The van der Waals surface area contributed by atoms with Crippen LogP contribution in [0.15, 0.2) is 18.2 Å². The van der Waals surface area contributed by atoms with Crippen LogP contribution in [0.1, 0.15) is 19.4 Å². The fourth-order valence-corrected chi connectivity index (χ4v) is 1.58. The summed E-state index contributed by atoms with van der Waals surface area (Å²) in [5, 5.41) is 12.0. The molecule has 1 aromatic carbocycles. The van der Waals surface area contributed by atoms with E-state index in [0.717, 1.165) is 5.56 Å². The van der Waals surface area contributed by atoms with Crippen molar-refractivity contribution in [1.29, 1.82) is 5.26 Å². The molecule has 0 amide bonds. The zero-order valence-electron chi connectivity index (χ0n) is 11.7. The molecule has 0 bridgehead atoms.